The molecule has 3 heterocycles. The van der Waals surface area contributed by atoms with Gasteiger partial charge in [-0.25, -0.2) is 18.1 Å². The molecule has 1 fully saturated rings. The van der Waals surface area contributed by atoms with E-state index in [1.807, 2.05) is 29.5 Å². The topological polar surface area (TPSA) is 121 Å². The molecule has 0 radical (unpaired) electrons. The fraction of sp³-hybridized carbons (Fsp3) is 0.370. The lowest BCUT2D eigenvalue weighted by atomic mass is 9.98. The zero-order chi connectivity index (χ0) is 27.4. The molecule has 0 atom stereocenters. The predicted octanol–water partition coefficient (Wildman–Crippen LogP) is 4.48. The Morgan fingerprint density at radius 1 is 1.21 bits per heavy atom. The number of benzene rings is 1. The number of nitrogens with zero attached hydrogens (tertiary/aromatic N) is 2. The minimum Gasteiger partial charge on any atom is -0.492 e. The molecule has 3 aromatic rings. The summed E-state index contributed by atoms with van der Waals surface area (Å²) in [6.45, 7) is 8.11. The van der Waals surface area contributed by atoms with Crippen LogP contribution in [-0.4, -0.2) is 44.0 Å². The number of H-pyrrole nitrogens is 1. The highest BCUT2D eigenvalue weighted by atomic mass is 35.5. The largest absolute Gasteiger partial charge is 0.492 e. The number of hydrogen-bond donors (Lipinski definition) is 2. The summed E-state index contributed by atoms with van der Waals surface area (Å²) in [7, 11) is -4.40. The molecule has 2 N–H and O–H groups in total. The van der Waals surface area contributed by atoms with Crippen molar-refractivity contribution in [1.82, 2.24) is 14.7 Å². The maximum Gasteiger partial charge on any atom is 0.269 e. The highest BCUT2D eigenvalue weighted by Crippen LogP contribution is 2.33. The predicted molar refractivity (Wildman–Crippen MR) is 147 cm³/mol. The van der Waals surface area contributed by atoms with Gasteiger partial charge in [-0.2, -0.15) is 0 Å². The monoisotopic (exact) mass is 558 g/mol. The van der Waals surface area contributed by atoms with E-state index < -0.39 is 26.4 Å². The van der Waals surface area contributed by atoms with Gasteiger partial charge in [0.25, 0.3) is 21.5 Å². The number of carbonyl (C=O) groups excluding carboxylic acids is 1. The van der Waals surface area contributed by atoms with Crippen molar-refractivity contribution >= 4 is 33.3 Å². The zero-order valence-corrected chi connectivity index (χ0v) is 23.1. The van der Waals surface area contributed by atoms with Crippen molar-refractivity contribution in [3.05, 3.63) is 69.6 Å². The molecular formula is C27H31ClN4O5S. The molecule has 0 bridgehead atoms. The molecule has 11 heteroatoms. The van der Waals surface area contributed by atoms with Crippen LogP contribution >= 0.6 is 11.6 Å². The van der Waals surface area contributed by atoms with Crippen molar-refractivity contribution in [2.75, 3.05) is 24.6 Å². The molecule has 1 aromatic carbocycles. The summed E-state index contributed by atoms with van der Waals surface area (Å²) in [5, 5.41) is 0.483. The number of piperidine rings is 1. The van der Waals surface area contributed by atoms with Crippen LogP contribution in [0.25, 0.3) is 11.3 Å². The van der Waals surface area contributed by atoms with Crippen molar-refractivity contribution in [3.8, 4) is 17.0 Å². The Balaban J connectivity index is 1.71. The molecule has 1 amide bonds. The number of rotatable bonds is 8. The maximum absolute atomic E-state index is 13.3. The number of sulfonamides is 1. The van der Waals surface area contributed by atoms with E-state index in [1.54, 1.807) is 24.3 Å². The number of amides is 1. The van der Waals surface area contributed by atoms with Crippen LogP contribution in [-0.2, 0) is 10.0 Å². The van der Waals surface area contributed by atoms with Crippen molar-refractivity contribution in [2.45, 2.75) is 38.5 Å². The second-order valence-electron chi connectivity index (χ2n) is 9.89. The van der Waals surface area contributed by atoms with Crippen LogP contribution in [0.5, 0.6) is 5.75 Å². The van der Waals surface area contributed by atoms with Gasteiger partial charge in [0.15, 0.2) is 4.90 Å². The number of aromatic amines is 1. The Kier molecular flexibility index (Phi) is 8.42. The standard InChI is InChI=1S/C27H31ClN4O5S/c1-17(2)16-37-23-15-19(6-8-21(23)28)22-9-7-20(25(30-22)32-13-10-18(3)11-14-32)26(33)31-38(35,36)24-5-4-12-29-27(24)34/h4-9,12,15,17-18H,10-11,13-14,16H2,1-3H3,(H,29,34)(H,31,33). The van der Waals surface area contributed by atoms with Crippen molar-refractivity contribution in [3.63, 3.8) is 0 Å². The van der Waals surface area contributed by atoms with E-state index in [1.165, 1.54) is 12.3 Å². The van der Waals surface area contributed by atoms with Crippen molar-refractivity contribution < 1.29 is 17.9 Å². The van der Waals surface area contributed by atoms with Gasteiger partial charge < -0.3 is 14.6 Å². The summed E-state index contributed by atoms with van der Waals surface area (Å²) in [5.41, 5.74) is 0.619. The third kappa shape index (κ3) is 6.36. The van der Waals surface area contributed by atoms with E-state index in [0.29, 0.717) is 53.8 Å². The third-order valence-corrected chi connectivity index (χ3v) is 7.97. The summed E-state index contributed by atoms with van der Waals surface area (Å²) in [6.07, 6.45) is 3.15. The first-order valence-corrected chi connectivity index (χ1v) is 14.3. The smallest absolute Gasteiger partial charge is 0.269 e. The lowest BCUT2D eigenvalue weighted by Crippen LogP contribution is -2.38. The SMILES string of the molecule is CC(C)COc1cc(-c2ccc(C(=O)NS(=O)(=O)c3ccc[nH]c3=O)c(N3CCC(C)CC3)n2)ccc1Cl. The molecule has 0 saturated carbocycles. The first-order valence-electron chi connectivity index (χ1n) is 12.5. The van der Waals surface area contributed by atoms with Gasteiger partial charge in [-0.3, -0.25) is 9.59 Å². The molecular weight excluding hydrogens is 528 g/mol. The van der Waals surface area contributed by atoms with E-state index in [9.17, 15) is 18.0 Å². The quantitative estimate of drug-likeness (QED) is 0.418. The number of carbonyl (C=O) groups is 1. The Morgan fingerprint density at radius 3 is 2.63 bits per heavy atom. The van der Waals surface area contributed by atoms with Gasteiger partial charge >= 0.3 is 0 Å². The Hall–Kier alpha value is -3.37. The lowest BCUT2D eigenvalue weighted by Gasteiger charge is -2.32. The highest BCUT2D eigenvalue weighted by molar-refractivity contribution is 7.90. The van der Waals surface area contributed by atoms with Crippen LogP contribution in [0.15, 0.2) is 58.4 Å². The summed E-state index contributed by atoms with van der Waals surface area (Å²) in [4.78, 5) is 33.9. The first-order chi connectivity index (χ1) is 18.0. The van der Waals surface area contributed by atoms with E-state index in [0.717, 1.165) is 24.5 Å². The number of anilines is 1. The fourth-order valence-corrected chi connectivity index (χ4v) is 5.32. The van der Waals surface area contributed by atoms with Gasteiger partial charge in [0.2, 0.25) is 0 Å². The van der Waals surface area contributed by atoms with Crippen molar-refractivity contribution in [2.24, 2.45) is 11.8 Å². The molecule has 0 spiro atoms. The van der Waals surface area contributed by atoms with Gasteiger partial charge in [-0.05, 0) is 61.1 Å². The molecule has 2 aromatic heterocycles. The molecule has 1 saturated heterocycles. The van der Waals surface area contributed by atoms with Gasteiger partial charge in [0.1, 0.15) is 11.6 Å². The summed E-state index contributed by atoms with van der Waals surface area (Å²) in [5.74, 6) is 0.908. The normalized spacial score (nSPS) is 14.5. The molecule has 0 aliphatic carbocycles. The minimum atomic E-state index is -4.40. The second-order valence-corrected chi connectivity index (χ2v) is 11.9. The van der Waals surface area contributed by atoms with Gasteiger partial charge in [-0.15, -0.1) is 0 Å². The molecule has 38 heavy (non-hydrogen) atoms. The zero-order valence-electron chi connectivity index (χ0n) is 21.5. The third-order valence-electron chi connectivity index (χ3n) is 6.30. The summed E-state index contributed by atoms with van der Waals surface area (Å²) >= 11 is 6.34. The number of ether oxygens (including phenoxy) is 1. The molecule has 202 valence electrons. The second kappa shape index (κ2) is 11.6. The average molecular weight is 559 g/mol. The number of aromatic nitrogens is 2. The number of hydrogen-bond acceptors (Lipinski definition) is 7. The number of halogens is 1. The van der Waals surface area contributed by atoms with Gasteiger partial charge in [0, 0.05) is 24.8 Å². The molecule has 4 rings (SSSR count). The van der Waals surface area contributed by atoms with E-state index in [4.69, 9.17) is 21.3 Å². The van der Waals surface area contributed by atoms with E-state index >= 15 is 0 Å². The minimum absolute atomic E-state index is 0.101. The van der Waals surface area contributed by atoms with Crippen LogP contribution in [0.2, 0.25) is 5.02 Å². The Labute approximate surface area is 227 Å². The molecule has 9 nitrogen and oxygen atoms in total. The Bertz CT molecular complexity index is 1480. The summed E-state index contributed by atoms with van der Waals surface area (Å²) in [6, 6.07) is 11.1. The maximum atomic E-state index is 13.3. The average Bonchev–Trinajstić information content (AvgIpc) is 2.88. The number of pyridine rings is 2. The van der Waals surface area contributed by atoms with Gasteiger partial charge in [-0.1, -0.05) is 38.4 Å². The highest BCUT2D eigenvalue weighted by Gasteiger charge is 2.27. The van der Waals surface area contributed by atoms with Gasteiger partial charge in [0.05, 0.1) is 22.9 Å². The van der Waals surface area contributed by atoms with Crippen molar-refractivity contribution in [1.29, 1.82) is 0 Å². The number of nitrogens with one attached hydrogen (secondary N) is 2. The molecule has 1 aliphatic rings. The van der Waals surface area contributed by atoms with Crippen LogP contribution in [0.4, 0.5) is 5.82 Å². The van der Waals surface area contributed by atoms with Crippen LogP contribution < -0.4 is 19.9 Å². The Morgan fingerprint density at radius 2 is 1.95 bits per heavy atom. The van der Waals surface area contributed by atoms with Crippen LogP contribution in [0.3, 0.4) is 0 Å². The van der Waals surface area contributed by atoms with Crippen LogP contribution in [0, 0.1) is 11.8 Å². The van der Waals surface area contributed by atoms with Crippen LogP contribution in [0.1, 0.15) is 44.0 Å². The molecule has 1 aliphatic heterocycles. The fourth-order valence-electron chi connectivity index (χ4n) is 4.13. The summed E-state index contributed by atoms with van der Waals surface area (Å²) < 4.78 is 33.5. The van der Waals surface area contributed by atoms with E-state index in [-0.39, 0.29) is 5.56 Å². The molecule has 0 unspecified atom stereocenters. The van der Waals surface area contributed by atoms with E-state index in [2.05, 4.69) is 11.9 Å². The lowest BCUT2D eigenvalue weighted by molar-refractivity contribution is 0.0981. The first kappa shape index (κ1) is 27.7.